The molecule has 38 heavy (non-hydrogen) atoms. The van der Waals surface area contributed by atoms with Gasteiger partial charge in [0.25, 0.3) is 0 Å². The number of amides is 3. The van der Waals surface area contributed by atoms with Crippen molar-refractivity contribution in [2.75, 3.05) is 5.32 Å². The van der Waals surface area contributed by atoms with Gasteiger partial charge >= 0.3 is 12.0 Å². The lowest BCUT2D eigenvalue weighted by Gasteiger charge is -2.33. The molecule has 1 fully saturated rings. The lowest BCUT2D eigenvalue weighted by molar-refractivity contribution is -0.151. The number of hydrogen-bond acceptors (Lipinski definition) is 4. The van der Waals surface area contributed by atoms with E-state index in [1.807, 2.05) is 30.3 Å². The third kappa shape index (κ3) is 6.70. The van der Waals surface area contributed by atoms with Crippen molar-refractivity contribution < 1.29 is 24.6 Å². The average Bonchev–Trinajstić information content (AvgIpc) is 3.55. The summed E-state index contributed by atoms with van der Waals surface area (Å²) in [6.07, 6.45) is 0.743. The number of benzene rings is 3. The Hall–Kier alpha value is -3.88. The number of nitrogens with one attached hydrogen (secondary N) is 2. The normalized spacial score (nSPS) is 18.8. The zero-order valence-electron chi connectivity index (χ0n) is 20.9. The number of rotatable bonds is 6. The minimum Gasteiger partial charge on any atom is -0.480 e. The third-order valence-electron chi connectivity index (χ3n) is 6.60. The number of aliphatic hydroxyl groups excluding tert-OH is 1. The van der Waals surface area contributed by atoms with Gasteiger partial charge in [0.1, 0.15) is 12.1 Å². The zero-order valence-corrected chi connectivity index (χ0v) is 21.6. The highest BCUT2D eigenvalue weighted by molar-refractivity contribution is 6.30. The smallest absolute Gasteiger partial charge is 0.326 e. The molecule has 2 unspecified atom stereocenters. The van der Waals surface area contributed by atoms with Crippen LogP contribution in [0.3, 0.4) is 0 Å². The fourth-order valence-electron chi connectivity index (χ4n) is 4.62. The highest BCUT2D eigenvalue weighted by Gasteiger charge is 2.45. The first-order chi connectivity index (χ1) is 18.2. The summed E-state index contributed by atoms with van der Waals surface area (Å²) < 4.78 is 0. The van der Waals surface area contributed by atoms with E-state index in [0.29, 0.717) is 17.1 Å². The summed E-state index contributed by atoms with van der Waals surface area (Å²) in [5, 5.41) is 25.3. The number of carbonyl (C=O) groups excluding carboxylic acids is 2. The van der Waals surface area contributed by atoms with Gasteiger partial charge in [-0.25, -0.2) is 9.59 Å². The van der Waals surface area contributed by atoms with Gasteiger partial charge in [0.05, 0.1) is 12.1 Å². The molecular formula is C29H30ClN3O5. The fourth-order valence-corrected chi connectivity index (χ4v) is 4.81. The van der Waals surface area contributed by atoms with E-state index in [2.05, 4.69) is 34.9 Å². The molecule has 9 heteroatoms. The van der Waals surface area contributed by atoms with Crippen molar-refractivity contribution in [2.24, 2.45) is 0 Å². The number of fused-ring (bicyclic) bond motifs is 1. The number of aliphatic carboxylic acids is 1. The average molecular weight is 536 g/mol. The minimum absolute atomic E-state index is 0.280. The lowest BCUT2D eigenvalue weighted by Crippen LogP contribution is -2.57. The van der Waals surface area contributed by atoms with E-state index in [9.17, 15) is 24.6 Å². The van der Waals surface area contributed by atoms with Crippen LogP contribution in [0.15, 0.2) is 78.9 Å². The summed E-state index contributed by atoms with van der Waals surface area (Å²) >= 11 is 5.91. The van der Waals surface area contributed by atoms with Gasteiger partial charge < -0.3 is 25.7 Å². The van der Waals surface area contributed by atoms with Crippen LogP contribution in [-0.2, 0) is 16.0 Å². The first-order valence-corrected chi connectivity index (χ1v) is 12.8. The SMILES string of the molecule is CC(O)C(NC(=O)Nc1cccc(Cl)c1)C(=O)N1[C@@H](C(=O)O)CC[C@H]1c1ccccc1.c1ccc2c(c1)C2. The predicted octanol–water partition coefficient (Wildman–Crippen LogP) is 4.62. The Bertz CT molecular complexity index is 1280. The topological polar surface area (TPSA) is 119 Å². The second kappa shape index (κ2) is 12.1. The van der Waals surface area contributed by atoms with Crippen LogP contribution < -0.4 is 10.6 Å². The number of likely N-dealkylation sites (tertiary alicyclic amines) is 1. The van der Waals surface area contributed by atoms with E-state index in [1.165, 1.54) is 35.4 Å². The summed E-state index contributed by atoms with van der Waals surface area (Å²) in [7, 11) is 0. The molecule has 0 bridgehead atoms. The number of anilines is 1. The van der Waals surface area contributed by atoms with E-state index in [1.54, 1.807) is 18.2 Å². The Morgan fingerprint density at radius 3 is 2.18 bits per heavy atom. The van der Waals surface area contributed by atoms with Crippen LogP contribution in [0.1, 0.15) is 42.5 Å². The van der Waals surface area contributed by atoms with Gasteiger partial charge in [-0.3, -0.25) is 4.79 Å². The number of halogens is 1. The molecule has 8 nitrogen and oxygen atoms in total. The maximum Gasteiger partial charge on any atom is 0.326 e. The largest absolute Gasteiger partial charge is 0.480 e. The van der Waals surface area contributed by atoms with E-state index in [-0.39, 0.29) is 6.42 Å². The molecule has 1 saturated heterocycles. The molecule has 0 radical (unpaired) electrons. The van der Waals surface area contributed by atoms with Crippen molar-refractivity contribution in [3.05, 3.63) is 101 Å². The van der Waals surface area contributed by atoms with Gasteiger partial charge in [-0.2, -0.15) is 0 Å². The molecule has 5 rings (SSSR count). The molecule has 3 amide bonds. The predicted molar refractivity (Wildman–Crippen MR) is 145 cm³/mol. The molecule has 198 valence electrons. The lowest BCUT2D eigenvalue weighted by atomic mass is 10.0. The van der Waals surface area contributed by atoms with E-state index < -0.39 is 42.1 Å². The molecule has 3 aromatic rings. The Kier molecular flexibility index (Phi) is 8.66. The van der Waals surface area contributed by atoms with Crippen molar-refractivity contribution in [1.29, 1.82) is 0 Å². The maximum atomic E-state index is 13.4. The maximum absolute atomic E-state index is 13.4. The Balaban J connectivity index is 0.000000408. The minimum atomic E-state index is -1.33. The number of carboxylic acids is 1. The number of carbonyl (C=O) groups is 3. The van der Waals surface area contributed by atoms with Crippen molar-refractivity contribution in [2.45, 2.75) is 50.4 Å². The molecule has 3 aromatic carbocycles. The zero-order chi connectivity index (χ0) is 27.2. The second-order valence-corrected chi connectivity index (χ2v) is 9.81. The molecular weight excluding hydrogens is 506 g/mol. The first kappa shape index (κ1) is 27.2. The second-order valence-electron chi connectivity index (χ2n) is 9.38. The molecule has 0 spiro atoms. The summed E-state index contributed by atoms with van der Waals surface area (Å²) in [5.41, 5.74) is 4.27. The van der Waals surface area contributed by atoms with Crippen molar-refractivity contribution >= 4 is 35.2 Å². The number of nitrogens with zero attached hydrogens (tertiary/aromatic N) is 1. The Morgan fingerprint density at radius 2 is 1.61 bits per heavy atom. The van der Waals surface area contributed by atoms with Gasteiger partial charge in [-0.15, -0.1) is 0 Å². The molecule has 1 aliphatic carbocycles. The summed E-state index contributed by atoms with van der Waals surface area (Å²) in [6.45, 7) is 1.37. The molecule has 4 N–H and O–H groups in total. The van der Waals surface area contributed by atoms with E-state index in [4.69, 9.17) is 11.6 Å². The van der Waals surface area contributed by atoms with Crippen LogP contribution in [0.4, 0.5) is 10.5 Å². The number of carboxylic acid groups (broad SMARTS) is 1. The Morgan fingerprint density at radius 1 is 0.947 bits per heavy atom. The van der Waals surface area contributed by atoms with Crippen LogP contribution in [0.2, 0.25) is 5.02 Å². The molecule has 2 aliphatic rings. The van der Waals surface area contributed by atoms with Crippen LogP contribution in [-0.4, -0.2) is 51.2 Å². The van der Waals surface area contributed by atoms with Gasteiger partial charge in [-0.05, 0) is 61.1 Å². The van der Waals surface area contributed by atoms with Crippen LogP contribution in [0.25, 0.3) is 0 Å². The van der Waals surface area contributed by atoms with Crippen molar-refractivity contribution in [3.8, 4) is 0 Å². The first-order valence-electron chi connectivity index (χ1n) is 12.4. The van der Waals surface area contributed by atoms with Crippen molar-refractivity contribution in [3.63, 3.8) is 0 Å². The van der Waals surface area contributed by atoms with E-state index in [0.717, 1.165) is 5.56 Å². The highest BCUT2D eigenvalue weighted by atomic mass is 35.5. The molecule has 1 aliphatic heterocycles. The van der Waals surface area contributed by atoms with Gasteiger partial charge in [0.15, 0.2) is 0 Å². The summed E-state index contributed by atoms with van der Waals surface area (Å²) in [4.78, 5) is 38.9. The fraction of sp³-hybridized carbons (Fsp3) is 0.276. The van der Waals surface area contributed by atoms with Gasteiger partial charge in [0, 0.05) is 10.7 Å². The highest BCUT2D eigenvalue weighted by Crippen LogP contribution is 2.37. The van der Waals surface area contributed by atoms with Crippen LogP contribution in [0, 0.1) is 0 Å². The molecule has 0 aromatic heterocycles. The van der Waals surface area contributed by atoms with Crippen LogP contribution >= 0.6 is 11.6 Å². The Labute approximate surface area is 226 Å². The summed E-state index contributed by atoms with van der Waals surface area (Å²) in [5.74, 6) is -1.78. The molecule has 0 saturated carbocycles. The van der Waals surface area contributed by atoms with Gasteiger partial charge in [-0.1, -0.05) is 72.3 Å². The van der Waals surface area contributed by atoms with Crippen LogP contribution in [0.5, 0.6) is 0 Å². The standard InChI is InChI=1S/C22H24ClN3O5.C7H6/c1-13(27)19(25-22(31)24-16-9-5-8-15(23)12-16)20(28)26-17(10-11-18(26)21(29)30)14-6-3-2-4-7-14;1-2-4-7-5-6(7)3-1/h2-9,12-13,17-19,27H,10-11H2,1H3,(H,29,30)(H2,24,25,31);1-4H,5H2/t13?,17-,18+,19?;/m0./s1. The van der Waals surface area contributed by atoms with Gasteiger partial charge in [0.2, 0.25) is 5.91 Å². The third-order valence-corrected chi connectivity index (χ3v) is 6.84. The number of urea groups is 1. The number of aliphatic hydroxyl groups is 1. The van der Waals surface area contributed by atoms with Crippen molar-refractivity contribution in [1.82, 2.24) is 10.2 Å². The number of hydrogen-bond donors (Lipinski definition) is 4. The monoisotopic (exact) mass is 535 g/mol. The quantitative estimate of drug-likeness (QED) is 0.287. The molecule has 4 atom stereocenters. The summed E-state index contributed by atoms with van der Waals surface area (Å²) in [6, 6.07) is 20.5. The molecule has 1 heterocycles. The van der Waals surface area contributed by atoms with E-state index >= 15 is 0 Å².